The Labute approximate surface area is 163 Å². The fourth-order valence-corrected chi connectivity index (χ4v) is 4.36. The number of hydrogen-bond acceptors (Lipinski definition) is 5. The summed E-state index contributed by atoms with van der Waals surface area (Å²) in [5.74, 6) is 0. The standard InChI is InChI=1S/C17H12BrS2.ClHO4/c18-15-9-6-13(7-10-15)8-11-16-12-17(20-19-16)14-4-2-1-3-5-14;2-1(3,4)5/h1-12H;(H,2,3,4,5)/q+1;/p-1/b11-8+;. The van der Waals surface area contributed by atoms with Crippen molar-refractivity contribution in [2.24, 2.45) is 0 Å². The molecule has 3 aromatic rings. The highest BCUT2D eigenvalue weighted by Crippen LogP contribution is 2.32. The Bertz CT molecular complexity index is 809. The van der Waals surface area contributed by atoms with Crippen LogP contribution in [0, 0.1) is 10.2 Å². The van der Waals surface area contributed by atoms with Gasteiger partial charge in [0, 0.05) is 16.1 Å². The zero-order chi connectivity index (χ0) is 18.3. The SMILES string of the molecule is Brc1ccc(/C=C/c2cc(-c3ccccc3)[s+]s2)cc1.[O-][Cl+3]([O-])([O-])[O-]. The molecule has 8 heteroatoms. The molecule has 2 aromatic carbocycles. The molecule has 1 heterocycles. The molecular formula is C17H12BrClO4S2. The molecule has 0 atom stereocenters. The molecular weight excluding hydrogens is 448 g/mol. The van der Waals surface area contributed by atoms with Gasteiger partial charge in [-0.05, 0) is 35.9 Å². The third-order valence-electron chi connectivity index (χ3n) is 2.87. The van der Waals surface area contributed by atoms with Gasteiger partial charge < -0.3 is 0 Å². The molecule has 0 saturated heterocycles. The molecule has 0 amide bonds. The molecule has 0 spiro atoms. The minimum atomic E-state index is -4.94. The molecule has 1 aromatic heterocycles. The third-order valence-corrected chi connectivity index (χ3v) is 5.83. The first kappa shape index (κ1) is 20.2. The van der Waals surface area contributed by atoms with E-state index in [9.17, 15) is 0 Å². The normalized spacial score (nSPS) is 11.2. The van der Waals surface area contributed by atoms with Gasteiger partial charge >= 0.3 is 10.3 Å². The van der Waals surface area contributed by atoms with E-state index in [1.165, 1.54) is 20.9 Å². The molecule has 0 radical (unpaired) electrons. The molecule has 0 aliphatic carbocycles. The smallest absolute Gasteiger partial charge is 0.222 e. The number of rotatable bonds is 3. The van der Waals surface area contributed by atoms with Crippen LogP contribution in [0.4, 0.5) is 0 Å². The van der Waals surface area contributed by atoms with E-state index >= 15 is 0 Å². The maximum absolute atomic E-state index is 8.49. The minimum absolute atomic E-state index is 1.11. The van der Waals surface area contributed by atoms with E-state index in [1.807, 2.05) is 20.7 Å². The Kier molecular flexibility index (Phi) is 7.67. The van der Waals surface area contributed by atoms with Crippen molar-refractivity contribution in [3.63, 3.8) is 0 Å². The summed E-state index contributed by atoms with van der Waals surface area (Å²) in [7, 11) is -1.31. The van der Waals surface area contributed by atoms with Crippen LogP contribution < -0.4 is 18.6 Å². The lowest BCUT2D eigenvalue weighted by Crippen LogP contribution is -2.68. The Morgan fingerprint density at radius 3 is 2.08 bits per heavy atom. The average molecular weight is 460 g/mol. The minimum Gasteiger partial charge on any atom is -0.222 e. The number of halogens is 2. The second-order valence-corrected chi connectivity index (χ2v) is 8.62. The van der Waals surface area contributed by atoms with Crippen LogP contribution in [0.3, 0.4) is 0 Å². The molecule has 130 valence electrons. The van der Waals surface area contributed by atoms with E-state index in [4.69, 9.17) is 18.6 Å². The van der Waals surface area contributed by atoms with Gasteiger partial charge in [0.25, 0.3) is 4.88 Å². The van der Waals surface area contributed by atoms with Crippen LogP contribution in [0.25, 0.3) is 22.6 Å². The third kappa shape index (κ3) is 8.17. The van der Waals surface area contributed by atoms with Crippen LogP contribution in [0.15, 0.2) is 65.1 Å². The van der Waals surface area contributed by atoms with E-state index in [2.05, 4.69) is 88.7 Å². The van der Waals surface area contributed by atoms with Gasteiger partial charge in [0.15, 0.2) is 10.3 Å². The fourth-order valence-electron chi connectivity index (χ4n) is 1.83. The fraction of sp³-hybridized carbons (Fsp3) is 0. The molecule has 4 nitrogen and oxygen atoms in total. The predicted molar refractivity (Wildman–Crippen MR) is 95.1 cm³/mol. The molecule has 0 aliphatic heterocycles. The second kappa shape index (κ2) is 9.51. The highest BCUT2D eigenvalue weighted by molar-refractivity contribution is 9.10. The molecule has 0 unspecified atom stereocenters. The molecule has 0 bridgehead atoms. The zero-order valence-electron chi connectivity index (χ0n) is 12.6. The summed E-state index contributed by atoms with van der Waals surface area (Å²) in [6.45, 7) is 0. The number of benzene rings is 2. The highest BCUT2D eigenvalue weighted by atomic mass is 79.9. The molecule has 0 fully saturated rings. The van der Waals surface area contributed by atoms with Gasteiger partial charge in [-0.2, -0.15) is 0 Å². The van der Waals surface area contributed by atoms with Crippen molar-refractivity contribution in [1.29, 1.82) is 0 Å². The first-order chi connectivity index (χ1) is 11.8. The lowest BCUT2D eigenvalue weighted by Gasteiger charge is -2.17. The van der Waals surface area contributed by atoms with E-state index in [1.54, 1.807) is 0 Å². The maximum atomic E-state index is 8.49. The van der Waals surface area contributed by atoms with Gasteiger partial charge in [-0.25, -0.2) is 18.6 Å². The summed E-state index contributed by atoms with van der Waals surface area (Å²) in [6.07, 6.45) is 4.33. The Morgan fingerprint density at radius 2 is 1.48 bits per heavy atom. The van der Waals surface area contributed by atoms with Gasteiger partial charge in [0.1, 0.15) is 0 Å². The zero-order valence-corrected chi connectivity index (χ0v) is 16.6. The van der Waals surface area contributed by atoms with E-state index < -0.39 is 10.2 Å². The summed E-state index contributed by atoms with van der Waals surface area (Å²) in [5, 5.41) is 0. The summed E-state index contributed by atoms with van der Waals surface area (Å²) in [5.41, 5.74) is 2.50. The van der Waals surface area contributed by atoms with Gasteiger partial charge in [-0.3, -0.25) is 0 Å². The topological polar surface area (TPSA) is 92.2 Å². The van der Waals surface area contributed by atoms with Gasteiger partial charge in [0.05, 0.1) is 4.88 Å². The lowest BCUT2D eigenvalue weighted by molar-refractivity contribution is -2.00. The Balaban J connectivity index is 0.000000399. The van der Waals surface area contributed by atoms with Crippen LogP contribution in [-0.4, -0.2) is 0 Å². The maximum Gasteiger partial charge on any atom is 0.301 e. The molecule has 0 saturated carbocycles. The van der Waals surface area contributed by atoms with Crippen molar-refractivity contribution < 1.29 is 28.9 Å². The summed E-state index contributed by atoms with van der Waals surface area (Å²) >= 11 is 3.45. The van der Waals surface area contributed by atoms with Crippen molar-refractivity contribution in [1.82, 2.24) is 0 Å². The summed E-state index contributed by atoms with van der Waals surface area (Å²) in [4.78, 5) is 2.61. The van der Waals surface area contributed by atoms with E-state index in [0.717, 1.165) is 4.47 Å². The number of hydrogen-bond donors (Lipinski definition) is 0. The molecule has 0 N–H and O–H groups in total. The molecule has 0 aliphatic rings. The van der Waals surface area contributed by atoms with Crippen LogP contribution in [-0.2, 0) is 0 Å². The van der Waals surface area contributed by atoms with Crippen molar-refractivity contribution in [3.05, 3.63) is 75.6 Å². The average Bonchev–Trinajstić information content (AvgIpc) is 3.03. The van der Waals surface area contributed by atoms with Gasteiger partial charge in [-0.15, -0.1) is 10.2 Å². The van der Waals surface area contributed by atoms with Gasteiger partial charge in [-0.1, -0.05) is 52.3 Å². The largest absolute Gasteiger partial charge is 0.301 e. The van der Waals surface area contributed by atoms with Gasteiger partial charge in [0.2, 0.25) is 0 Å². The molecule has 3 rings (SSSR count). The van der Waals surface area contributed by atoms with E-state index in [-0.39, 0.29) is 0 Å². The van der Waals surface area contributed by atoms with Crippen molar-refractivity contribution in [2.45, 2.75) is 0 Å². The predicted octanol–water partition coefficient (Wildman–Crippen LogP) is 1.93. The summed E-state index contributed by atoms with van der Waals surface area (Å²) < 4.78 is 35.1. The Hall–Kier alpha value is -1.16. The first-order valence-corrected chi connectivity index (χ1v) is 11.0. The Morgan fingerprint density at radius 1 is 0.880 bits per heavy atom. The van der Waals surface area contributed by atoms with Crippen LogP contribution in [0.1, 0.15) is 10.4 Å². The quantitative estimate of drug-likeness (QED) is 0.442. The highest BCUT2D eigenvalue weighted by Gasteiger charge is 2.13. The second-order valence-electron chi connectivity index (χ2n) is 4.71. The van der Waals surface area contributed by atoms with Crippen LogP contribution in [0.2, 0.25) is 0 Å². The van der Waals surface area contributed by atoms with Crippen molar-refractivity contribution in [2.75, 3.05) is 0 Å². The van der Waals surface area contributed by atoms with Crippen LogP contribution in [0.5, 0.6) is 0 Å². The lowest BCUT2D eigenvalue weighted by atomic mass is 10.2. The first-order valence-electron chi connectivity index (χ1n) is 6.85. The van der Waals surface area contributed by atoms with E-state index in [0.29, 0.717) is 0 Å². The van der Waals surface area contributed by atoms with Crippen LogP contribution >= 0.6 is 36.6 Å². The van der Waals surface area contributed by atoms with Crippen molar-refractivity contribution in [3.8, 4) is 10.4 Å². The molecule has 25 heavy (non-hydrogen) atoms. The summed E-state index contributed by atoms with van der Waals surface area (Å²) in [6, 6.07) is 21.1. The monoisotopic (exact) mass is 458 g/mol. The van der Waals surface area contributed by atoms with Crippen molar-refractivity contribution >= 4 is 48.8 Å².